The predicted octanol–water partition coefficient (Wildman–Crippen LogP) is 2.95. The van der Waals surface area contributed by atoms with E-state index in [4.69, 9.17) is 13.9 Å². The summed E-state index contributed by atoms with van der Waals surface area (Å²) in [6, 6.07) is 4.39. The van der Waals surface area contributed by atoms with E-state index in [1.807, 2.05) is 20.0 Å². The van der Waals surface area contributed by atoms with Crippen LogP contribution in [-0.2, 0) is 9.47 Å². The largest absolute Gasteiger partial charge is 0.465 e. The first kappa shape index (κ1) is 24.4. The van der Waals surface area contributed by atoms with E-state index in [1.54, 1.807) is 0 Å². The lowest BCUT2D eigenvalue weighted by molar-refractivity contribution is 0.0888. The maximum absolute atomic E-state index is 5.92. The Morgan fingerprint density at radius 3 is 2.79 bits per heavy atom. The molecule has 8 heteroatoms. The van der Waals surface area contributed by atoms with Gasteiger partial charge in [0.05, 0.1) is 19.3 Å². The van der Waals surface area contributed by atoms with Crippen LogP contribution in [0, 0.1) is 12.8 Å². The van der Waals surface area contributed by atoms with Crippen molar-refractivity contribution in [2.24, 2.45) is 10.9 Å². The van der Waals surface area contributed by atoms with Crippen LogP contribution in [0.5, 0.6) is 0 Å². The van der Waals surface area contributed by atoms with E-state index in [2.05, 4.69) is 26.6 Å². The monoisotopic (exact) mass is 520 g/mol. The third-order valence-corrected chi connectivity index (χ3v) is 5.49. The van der Waals surface area contributed by atoms with Gasteiger partial charge in [-0.1, -0.05) is 0 Å². The molecule has 1 aromatic rings. The number of aliphatic imine (C=N–C) groups is 1. The molecule has 0 bridgehead atoms. The maximum atomic E-state index is 5.92. The Bertz CT molecular complexity index is 599. The van der Waals surface area contributed by atoms with Gasteiger partial charge in [0.2, 0.25) is 0 Å². The summed E-state index contributed by atoms with van der Waals surface area (Å²) in [5, 5.41) is 6.86. The molecule has 2 fully saturated rings. The molecule has 0 radical (unpaired) electrons. The smallest absolute Gasteiger partial charge is 0.191 e. The molecule has 0 saturated carbocycles. The summed E-state index contributed by atoms with van der Waals surface area (Å²) in [6.45, 7) is 9.19. The fraction of sp³-hybridized carbons (Fsp3) is 0.762. The Kier molecular flexibility index (Phi) is 11.3. The average Bonchev–Trinajstić information content (AvgIpc) is 3.46. The lowest BCUT2D eigenvalue weighted by Gasteiger charge is -2.26. The van der Waals surface area contributed by atoms with Crippen LogP contribution in [0.4, 0.5) is 0 Å². The van der Waals surface area contributed by atoms with Crippen LogP contribution >= 0.6 is 24.0 Å². The number of nitrogens with zero attached hydrogens (tertiary/aromatic N) is 2. The Morgan fingerprint density at radius 2 is 2.14 bits per heavy atom. The number of guanidine groups is 1. The topological polar surface area (TPSA) is 71.3 Å². The summed E-state index contributed by atoms with van der Waals surface area (Å²) in [5.74, 6) is 3.41. The van der Waals surface area contributed by atoms with Gasteiger partial charge in [-0.15, -0.1) is 24.0 Å². The number of furan rings is 1. The summed E-state index contributed by atoms with van der Waals surface area (Å²) in [7, 11) is 1.81. The highest BCUT2D eigenvalue weighted by Crippen LogP contribution is 2.26. The second-order valence-electron chi connectivity index (χ2n) is 7.75. The van der Waals surface area contributed by atoms with Crippen molar-refractivity contribution in [2.75, 3.05) is 59.7 Å². The number of halogens is 1. The van der Waals surface area contributed by atoms with E-state index < -0.39 is 0 Å². The summed E-state index contributed by atoms with van der Waals surface area (Å²) in [4.78, 5) is 6.85. The van der Waals surface area contributed by atoms with Gasteiger partial charge >= 0.3 is 0 Å². The van der Waals surface area contributed by atoms with E-state index in [-0.39, 0.29) is 30.0 Å². The second kappa shape index (κ2) is 13.5. The first-order valence-corrected chi connectivity index (χ1v) is 10.7. The molecule has 2 N–H and O–H groups in total. The molecule has 166 valence electrons. The minimum absolute atomic E-state index is 0. The average molecular weight is 520 g/mol. The molecule has 2 aliphatic heterocycles. The van der Waals surface area contributed by atoms with E-state index in [1.165, 1.54) is 12.8 Å². The number of likely N-dealkylation sites (tertiary alicyclic amines) is 1. The fourth-order valence-electron chi connectivity index (χ4n) is 3.86. The number of hydrogen-bond acceptors (Lipinski definition) is 5. The van der Waals surface area contributed by atoms with Crippen molar-refractivity contribution in [3.05, 3.63) is 23.7 Å². The van der Waals surface area contributed by atoms with Gasteiger partial charge in [-0.3, -0.25) is 9.89 Å². The highest BCUT2D eigenvalue weighted by molar-refractivity contribution is 14.0. The van der Waals surface area contributed by atoms with E-state index in [0.29, 0.717) is 5.92 Å². The van der Waals surface area contributed by atoms with E-state index in [9.17, 15) is 0 Å². The van der Waals surface area contributed by atoms with E-state index >= 15 is 0 Å². The van der Waals surface area contributed by atoms with Gasteiger partial charge in [0.25, 0.3) is 0 Å². The summed E-state index contributed by atoms with van der Waals surface area (Å²) < 4.78 is 17.1. The van der Waals surface area contributed by atoms with Crippen LogP contribution in [0.25, 0.3) is 0 Å². The zero-order chi connectivity index (χ0) is 19.6. The van der Waals surface area contributed by atoms with E-state index in [0.717, 1.165) is 82.9 Å². The summed E-state index contributed by atoms with van der Waals surface area (Å²) in [6.07, 6.45) is 4.61. The first-order valence-electron chi connectivity index (χ1n) is 10.7. The van der Waals surface area contributed by atoms with Gasteiger partial charge in [0.1, 0.15) is 11.5 Å². The van der Waals surface area contributed by atoms with Crippen LogP contribution in [0.1, 0.15) is 43.2 Å². The standard InChI is InChI=1S/C21H36N4O3.HI/c1-17-6-7-20(28-17)19(25-10-3-4-11-25)14-24-21(22-2)23-9-5-12-26-15-18-8-13-27-16-18;/h6-7,18-19H,3-5,8-16H2,1-2H3,(H2,22,23,24);1H. The molecule has 2 saturated heterocycles. The lowest BCUT2D eigenvalue weighted by atomic mass is 10.1. The molecule has 3 rings (SSSR count). The third-order valence-electron chi connectivity index (χ3n) is 5.49. The predicted molar refractivity (Wildman–Crippen MR) is 126 cm³/mol. The second-order valence-corrected chi connectivity index (χ2v) is 7.75. The quantitative estimate of drug-likeness (QED) is 0.214. The van der Waals surface area contributed by atoms with Gasteiger partial charge in [-0.25, -0.2) is 0 Å². The SMILES string of the molecule is CN=C(NCCCOCC1CCOC1)NCC(c1ccc(C)o1)N1CCCC1.I. The molecule has 2 aliphatic rings. The van der Waals surface area contributed by atoms with Crippen molar-refractivity contribution >= 4 is 29.9 Å². The van der Waals surface area contributed by atoms with Gasteiger partial charge < -0.3 is 24.5 Å². The summed E-state index contributed by atoms with van der Waals surface area (Å²) >= 11 is 0. The Morgan fingerprint density at radius 1 is 1.31 bits per heavy atom. The van der Waals surface area contributed by atoms with Crippen molar-refractivity contribution in [1.82, 2.24) is 15.5 Å². The minimum Gasteiger partial charge on any atom is -0.465 e. The zero-order valence-corrected chi connectivity index (χ0v) is 20.2. The molecule has 2 unspecified atom stereocenters. The molecule has 2 atom stereocenters. The molecule has 0 aliphatic carbocycles. The number of hydrogen-bond donors (Lipinski definition) is 2. The molecule has 3 heterocycles. The number of rotatable bonds is 10. The Balaban J connectivity index is 0.00000300. The van der Waals surface area contributed by atoms with Crippen LogP contribution in [0.3, 0.4) is 0 Å². The molecule has 1 aromatic heterocycles. The van der Waals surface area contributed by atoms with Crippen molar-refractivity contribution in [3.8, 4) is 0 Å². The number of aryl methyl sites for hydroxylation is 1. The third kappa shape index (κ3) is 8.07. The van der Waals surface area contributed by atoms with Gasteiger partial charge in [0.15, 0.2) is 5.96 Å². The van der Waals surface area contributed by atoms with Crippen LogP contribution < -0.4 is 10.6 Å². The van der Waals surface area contributed by atoms with Crippen LogP contribution in [0.15, 0.2) is 21.5 Å². The van der Waals surface area contributed by atoms with Gasteiger partial charge in [-0.2, -0.15) is 0 Å². The molecule has 0 amide bonds. The molecular weight excluding hydrogens is 483 g/mol. The van der Waals surface area contributed by atoms with Gasteiger partial charge in [0, 0.05) is 39.3 Å². The Labute approximate surface area is 192 Å². The lowest BCUT2D eigenvalue weighted by Crippen LogP contribution is -2.43. The fourth-order valence-corrected chi connectivity index (χ4v) is 3.86. The molecule has 0 aromatic carbocycles. The van der Waals surface area contributed by atoms with Crippen molar-refractivity contribution in [2.45, 2.75) is 38.6 Å². The number of nitrogens with one attached hydrogen (secondary N) is 2. The number of ether oxygens (including phenoxy) is 2. The normalized spacial score (nSPS) is 21.2. The van der Waals surface area contributed by atoms with Crippen LogP contribution in [0.2, 0.25) is 0 Å². The van der Waals surface area contributed by atoms with Crippen molar-refractivity contribution in [3.63, 3.8) is 0 Å². The van der Waals surface area contributed by atoms with Crippen molar-refractivity contribution in [1.29, 1.82) is 0 Å². The van der Waals surface area contributed by atoms with Gasteiger partial charge in [-0.05, 0) is 57.8 Å². The molecule has 7 nitrogen and oxygen atoms in total. The zero-order valence-electron chi connectivity index (χ0n) is 17.8. The molecular formula is C21H37IN4O3. The summed E-state index contributed by atoms with van der Waals surface area (Å²) in [5.41, 5.74) is 0. The maximum Gasteiger partial charge on any atom is 0.191 e. The highest BCUT2D eigenvalue weighted by atomic mass is 127. The first-order chi connectivity index (χ1) is 13.8. The Hall–Kier alpha value is -0.840. The molecule has 0 spiro atoms. The highest BCUT2D eigenvalue weighted by Gasteiger charge is 2.26. The molecule has 29 heavy (non-hydrogen) atoms. The van der Waals surface area contributed by atoms with Crippen LogP contribution in [-0.4, -0.2) is 70.5 Å². The van der Waals surface area contributed by atoms with Crippen molar-refractivity contribution < 1.29 is 13.9 Å². The minimum atomic E-state index is 0.